The smallest absolute Gasteiger partial charge is 0.173 e. The van der Waals surface area contributed by atoms with Gasteiger partial charge in [0.15, 0.2) is 6.29 Å². The van der Waals surface area contributed by atoms with Crippen LogP contribution in [0.1, 0.15) is 0 Å². The average molecular weight is 209 g/mol. The van der Waals surface area contributed by atoms with E-state index in [1.54, 1.807) is 0 Å². The first-order valence-corrected chi connectivity index (χ1v) is 4.23. The highest BCUT2D eigenvalue weighted by molar-refractivity contribution is 4.94. The maximum Gasteiger partial charge on any atom is 0.173 e. The summed E-state index contributed by atoms with van der Waals surface area (Å²) in [4.78, 5) is 0. The fraction of sp³-hybridized carbons (Fsp3) is 1.00. The maximum atomic E-state index is 9.38. The van der Waals surface area contributed by atoms with Crippen molar-refractivity contribution >= 4 is 0 Å². The number of aliphatic hydroxyl groups excluding tert-OH is 5. The molecule has 0 unspecified atom stereocenters. The van der Waals surface area contributed by atoms with Crippen LogP contribution in [-0.2, 0) is 4.74 Å². The van der Waals surface area contributed by atoms with E-state index >= 15 is 0 Å². The van der Waals surface area contributed by atoms with Gasteiger partial charge < -0.3 is 36.0 Å². The Morgan fingerprint density at radius 3 is 2.21 bits per heavy atom. The molecule has 7 nitrogen and oxygen atoms in total. The number of hydrogen-bond donors (Lipinski definition) is 6. The molecule has 6 atom stereocenters. The largest absolute Gasteiger partial charge is 0.394 e. The van der Waals surface area contributed by atoms with E-state index in [4.69, 9.17) is 25.8 Å². The van der Waals surface area contributed by atoms with E-state index in [1.165, 1.54) is 0 Å². The summed E-state index contributed by atoms with van der Waals surface area (Å²) in [5.74, 6) is 0. The van der Waals surface area contributed by atoms with Crippen molar-refractivity contribution in [2.24, 2.45) is 5.73 Å². The molecule has 1 aliphatic rings. The fourth-order valence-electron chi connectivity index (χ4n) is 1.33. The molecule has 0 amide bonds. The molecule has 0 saturated carbocycles. The Morgan fingerprint density at radius 2 is 1.86 bits per heavy atom. The second-order valence-electron chi connectivity index (χ2n) is 3.30. The van der Waals surface area contributed by atoms with Crippen LogP contribution in [0.15, 0.2) is 0 Å². The Balaban J connectivity index is 2.61. The van der Waals surface area contributed by atoms with E-state index < -0.39 is 43.4 Å². The van der Waals surface area contributed by atoms with Crippen LogP contribution in [0.4, 0.5) is 0 Å². The molecule has 84 valence electrons. The normalized spacial score (nSPS) is 42.4. The Labute approximate surface area is 80.3 Å². The summed E-state index contributed by atoms with van der Waals surface area (Å²) >= 11 is 0. The summed E-state index contributed by atoms with van der Waals surface area (Å²) in [6.45, 7) is -0.668. The zero-order valence-electron chi connectivity index (χ0n) is 7.39. The highest BCUT2D eigenvalue weighted by atomic mass is 16.6. The van der Waals surface area contributed by atoms with Crippen LogP contribution in [0.25, 0.3) is 0 Å². The van der Waals surface area contributed by atoms with Gasteiger partial charge in [-0.3, -0.25) is 0 Å². The van der Waals surface area contributed by atoms with Gasteiger partial charge in [0.1, 0.15) is 24.4 Å². The predicted molar refractivity (Wildman–Crippen MR) is 44.0 cm³/mol. The van der Waals surface area contributed by atoms with Gasteiger partial charge in [-0.15, -0.1) is 0 Å². The van der Waals surface area contributed by atoms with Crippen molar-refractivity contribution in [2.75, 3.05) is 6.61 Å². The Morgan fingerprint density at radius 1 is 1.29 bits per heavy atom. The topological polar surface area (TPSA) is 136 Å². The zero-order chi connectivity index (χ0) is 10.9. The second kappa shape index (κ2) is 4.49. The first-order chi connectivity index (χ1) is 6.49. The lowest BCUT2D eigenvalue weighted by Gasteiger charge is -2.23. The molecule has 14 heavy (non-hydrogen) atoms. The molecule has 0 aliphatic carbocycles. The first kappa shape index (κ1) is 11.8. The molecule has 0 aromatic carbocycles. The lowest BCUT2D eigenvalue weighted by atomic mass is 10.0. The summed E-state index contributed by atoms with van der Waals surface area (Å²) in [5.41, 5.74) is 5.31. The van der Waals surface area contributed by atoms with E-state index in [-0.39, 0.29) is 0 Å². The summed E-state index contributed by atoms with van der Waals surface area (Å²) in [7, 11) is 0. The summed E-state index contributed by atoms with van der Waals surface area (Å²) in [5, 5.41) is 45.4. The number of aliphatic hydroxyl groups is 5. The van der Waals surface area contributed by atoms with Gasteiger partial charge in [-0.2, -0.15) is 0 Å². The Bertz CT molecular complexity index is 191. The molecule has 0 aromatic heterocycles. The van der Waals surface area contributed by atoms with Crippen molar-refractivity contribution in [3.8, 4) is 0 Å². The van der Waals surface area contributed by atoms with Gasteiger partial charge in [0.2, 0.25) is 0 Å². The molecule has 7 heteroatoms. The van der Waals surface area contributed by atoms with Crippen LogP contribution >= 0.6 is 0 Å². The number of rotatable bonds is 3. The molecule has 7 N–H and O–H groups in total. The van der Waals surface area contributed by atoms with Gasteiger partial charge in [-0.05, 0) is 0 Å². The molecule has 1 saturated heterocycles. The van der Waals surface area contributed by atoms with Crippen molar-refractivity contribution in [2.45, 2.75) is 36.7 Å². The fourth-order valence-corrected chi connectivity index (χ4v) is 1.33. The predicted octanol–water partition coefficient (Wildman–Crippen LogP) is -3.89. The van der Waals surface area contributed by atoms with Crippen LogP contribution in [0.3, 0.4) is 0 Å². The van der Waals surface area contributed by atoms with Gasteiger partial charge in [0, 0.05) is 0 Å². The SMILES string of the molecule is N[C@H]1[C@H](O)[C@@H]([C@@H](O)[C@H](O)CO)O[C@H]1O. The highest BCUT2D eigenvalue weighted by Crippen LogP contribution is 2.22. The van der Waals surface area contributed by atoms with Crippen LogP contribution in [0.2, 0.25) is 0 Å². The molecule has 1 heterocycles. The number of ether oxygens (including phenoxy) is 1. The third-order valence-corrected chi connectivity index (χ3v) is 2.27. The van der Waals surface area contributed by atoms with E-state index in [1.807, 2.05) is 0 Å². The summed E-state index contributed by atoms with van der Waals surface area (Å²) < 4.78 is 4.73. The number of hydrogen-bond acceptors (Lipinski definition) is 7. The van der Waals surface area contributed by atoms with Gasteiger partial charge in [-0.1, -0.05) is 0 Å². The average Bonchev–Trinajstić information content (AvgIpc) is 2.43. The first-order valence-electron chi connectivity index (χ1n) is 4.23. The van der Waals surface area contributed by atoms with Gasteiger partial charge in [-0.25, -0.2) is 0 Å². The third-order valence-electron chi connectivity index (χ3n) is 2.27. The quantitative estimate of drug-likeness (QED) is 0.279. The lowest BCUT2D eigenvalue weighted by Crippen LogP contribution is -2.48. The van der Waals surface area contributed by atoms with Crippen molar-refractivity contribution in [1.82, 2.24) is 0 Å². The molecule has 1 rings (SSSR count). The van der Waals surface area contributed by atoms with Crippen LogP contribution in [0.5, 0.6) is 0 Å². The van der Waals surface area contributed by atoms with E-state index in [9.17, 15) is 10.2 Å². The molecule has 1 fully saturated rings. The van der Waals surface area contributed by atoms with Gasteiger partial charge in [0.05, 0.1) is 12.6 Å². The second-order valence-corrected chi connectivity index (χ2v) is 3.30. The van der Waals surface area contributed by atoms with Crippen LogP contribution in [-0.4, -0.2) is 68.9 Å². The lowest BCUT2D eigenvalue weighted by molar-refractivity contribution is -0.156. The Hall–Kier alpha value is -0.280. The number of nitrogens with two attached hydrogens (primary N) is 1. The van der Waals surface area contributed by atoms with E-state index in [2.05, 4.69) is 0 Å². The highest BCUT2D eigenvalue weighted by Gasteiger charge is 2.45. The van der Waals surface area contributed by atoms with E-state index in [0.717, 1.165) is 0 Å². The van der Waals surface area contributed by atoms with Gasteiger partial charge in [0.25, 0.3) is 0 Å². The minimum absolute atomic E-state index is 0.668. The Kier molecular flexibility index (Phi) is 3.78. The summed E-state index contributed by atoms with van der Waals surface area (Å²) in [6, 6.07) is -1.03. The van der Waals surface area contributed by atoms with Crippen molar-refractivity contribution in [3.63, 3.8) is 0 Å². The molecule has 0 spiro atoms. The molecule has 0 radical (unpaired) electrons. The third kappa shape index (κ3) is 2.04. The van der Waals surface area contributed by atoms with Crippen molar-refractivity contribution in [1.29, 1.82) is 0 Å². The van der Waals surface area contributed by atoms with Gasteiger partial charge >= 0.3 is 0 Å². The van der Waals surface area contributed by atoms with E-state index in [0.29, 0.717) is 0 Å². The minimum atomic E-state index is -1.49. The zero-order valence-corrected chi connectivity index (χ0v) is 7.39. The van der Waals surface area contributed by atoms with Crippen molar-refractivity contribution < 1.29 is 30.3 Å². The monoisotopic (exact) mass is 209 g/mol. The molecule has 0 aromatic rings. The maximum absolute atomic E-state index is 9.38. The molecular weight excluding hydrogens is 194 g/mol. The molecular formula is C7H15NO6. The van der Waals surface area contributed by atoms with Crippen molar-refractivity contribution in [3.05, 3.63) is 0 Å². The summed E-state index contributed by atoms with van der Waals surface area (Å²) in [6.07, 6.45) is -6.77. The van der Waals surface area contributed by atoms with Crippen LogP contribution < -0.4 is 5.73 Å². The standard InChI is InChI=1S/C7H15NO6/c8-3-5(12)6(14-7(3)13)4(11)2(10)1-9/h2-7,9-13H,1,8H2/t2-,3+,4+,5+,6-,7-/m1/s1. The molecule has 0 bridgehead atoms. The molecule has 1 aliphatic heterocycles. The van der Waals surface area contributed by atoms with Crippen LogP contribution in [0, 0.1) is 0 Å². The minimum Gasteiger partial charge on any atom is -0.394 e.